The van der Waals surface area contributed by atoms with Crippen LogP contribution in [0.4, 0.5) is 0 Å². The lowest BCUT2D eigenvalue weighted by Crippen LogP contribution is -2.67. The first-order valence-corrected chi connectivity index (χ1v) is 14.7. The summed E-state index contributed by atoms with van der Waals surface area (Å²) in [5.41, 5.74) is -5.02. The van der Waals surface area contributed by atoms with Gasteiger partial charge >= 0.3 is 11.9 Å². The van der Waals surface area contributed by atoms with Crippen molar-refractivity contribution < 1.29 is 29.3 Å². The van der Waals surface area contributed by atoms with Crippen LogP contribution in [0.25, 0.3) is 0 Å². The number of rotatable bonds is 0. The summed E-state index contributed by atoms with van der Waals surface area (Å²) < 4.78 is 12.6. The molecule has 0 bridgehead atoms. The van der Waals surface area contributed by atoms with E-state index in [1.54, 1.807) is 0 Å². The summed E-state index contributed by atoms with van der Waals surface area (Å²) in [4.78, 5) is 27.6. The summed E-state index contributed by atoms with van der Waals surface area (Å²) in [6.07, 6.45) is 9.89. The summed E-state index contributed by atoms with van der Waals surface area (Å²) in [7, 11) is 0. The molecule has 1 aliphatic heterocycles. The molecule has 0 aromatic rings. The van der Waals surface area contributed by atoms with Gasteiger partial charge in [0.25, 0.3) is 0 Å². The minimum absolute atomic E-state index is 0.347. The van der Waals surface area contributed by atoms with Gasteiger partial charge in [-0.2, -0.15) is 0 Å². The maximum atomic E-state index is 13.8. The van der Waals surface area contributed by atoms with Gasteiger partial charge in [0.05, 0.1) is 11.2 Å². The Balaban J connectivity index is 1.64. The van der Waals surface area contributed by atoms with Crippen molar-refractivity contribution in [1.29, 1.82) is 0 Å². The lowest BCUT2D eigenvalue weighted by Gasteiger charge is -2.64. The molecule has 38 heavy (non-hydrogen) atoms. The van der Waals surface area contributed by atoms with Crippen LogP contribution in [0.15, 0.2) is 23.3 Å². The zero-order valence-corrected chi connectivity index (χ0v) is 24.8. The normalized spacial score (nSPS) is 50.8. The molecular formula is C32H48O6. The van der Waals surface area contributed by atoms with Crippen LogP contribution in [0.1, 0.15) is 120 Å². The largest absolute Gasteiger partial charge is 0.452 e. The molecule has 0 unspecified atom stereocenters. The van der Waals surface area contributed by atoms with Gasteiger partial charge in [-0.25, -0.2) is 9.59 Å². The molecular weight excluding hydrogens is 480 g/mol. The highest BCUT2D eigenvalue weighted by Gasteiger charge is 2.68. The first kappa shape index (κ1) is 27.9. The fourth-order valence-corrected chi connectivity index (χ4v) is 9.88. The molecule has 2 N–H and O–H groups in total. The summed E-state index contributed by atoms with van der Waals surface area (Å²) >= 11 is 0. The quantitative estimate of drug-likeness (QED) is 0.378. The molecule has 4 saturated carbocycles. The van der Waals surface area contributed by atoms with E-state index in [-0.39, 0.29) is 10.8 Å². The van der Waals surface area contributed by atoms with E-state index >= 15 is 0 Å². The van der Waals surface area contributed by atoms with Gasteiger partial charge in [0.1, 0.15) is 11.2 Å². The van der Waals surface area contributed by atoms with Crippen LogP contribution in [-0.2, 0) is 19.1 Å². The monoisotopic (exact) mass is 528 g/mol. The van der Waals surface area contributed by atoms with Crippen molar-refractivity contribution in [1.82, 2.24) is 0 Å². The summed E-state index contributed by atoms with van der Waals surface area (Å²) in [6, 6.07) is 0. The molecule has 5 rings (SSSR count). The van der Waals surface area contributed by atoms with E-state index in [2.05, 4.69) is 27.7 Å². The Bertz CT molecular complexity index is 1040. The second kappa shape index (κ2) is 7.96. The zero-order valence-electron chi connectivity index (χ0n) is 24.8. The molecule has 0 saturated heterocycles. The third-order valence-electron chi connectivity index (χ3n) is 12.5. The smallest absolute Gasteiger partial charge is 0.331 e. The molecule has 5 aliphatic rings. The molecule has 0 aromatic carbocycles. The van der Waals surface area contributed by atoms with Gasteiger partial charge in [0.15, 0.2) is 0 Å². The summed E-state index contributed by atoms with van der Waals surface area (Å²) in [5, 5.41) is 24.4. The topological polar surface area (TPSA) is 93.1 Å². The predicted octanol–water partition coefficient (Wildman–Crippen LogP) is 5.94. The van der Waals surface area contributed by atoms with Crippen LogP contribution in [0.5, 0.6) is 0 Å². The van der Waals surface area contributed by atoms with Crippen LogP contribution >= 0.6 is 0 Å². The average Bonchev–Trinajstić information content (AvgIpc) is 2.78. The summed E-state index contributed by atoms with van der Waals surface area (Å²) in [6.45, 7) is 16.2. The van der Waals surface area contributed by atoms with Crippen molar-refractivity contribution in [3.63, 3.8) is 0 Å². The van der Waals surface area contributed by atoms with Crippen molar-refractivity contribution in [2.24, 2.45) is 21.7 Å². The van der Waals surface area contributed by atoms with E-state index in [9.17, 15) is 19.8 Å². The molecule has 6 nitrogen and oxygen atoms in total. The van der Waals surface area contributed by atoms with Crippen LogP contribution in [0.2, 0.25) is 0 Å². The van der Waals surface area contributed by atoms with Crippen LogP contribution in [0.3, 0.4) is 0 Å². The summed E-state index contributed by atoms with van der Waals surface area (Å²) in [5.74, 6) is -0.953. The molecule has 4 aliphatic carbocycles. The molecule has 0 spiro atoms. The van der Waals surface area contributed by atoms with Crippen molar-refractivity contribution in [3.8, 4) is 0 Å². The van der Waals surface area contributed by atoms with Crippen molar-refractivity contribution in [3.05, 3.63) is 23.3 Å². The van der Waals surface area contributed by atoms with E-state index in [0.717, 1.165) is 25.7 Å². The third-order valence-corrected chi connectivity index (χ3v) is 12.5. The van der Waals surface area contributed by atoms with E-state index in [4.69, 9.17) is 9.47 Å². The highest BCUT2D eigenvalue weighted by atomic mass is 16.6. The number of esters is 2. The second-order valence-corrected chi connectivity index (χ2v) is 15.3. The average molecular weight is 529 g/mol. The standard InChI is InChI=1S/C32H48O6/c1-25(2)11-9-13-27(5)21-19-23(33)38-30(8)16-18-32(36)26(3,4)12-10-14-28(32,6)22(30)20-24(34)37-29(21,7)15-17-31(25,27)35/h19-20,35-36H,9-18H2,1-8H3/b21-19-,22-20-/t27-,28-,29-,30-,31-,32-/m1/s1. The Morgan fingerprint density at radius 3 is 1.24 bits per heavy atom. The van der Waals surface area contributed by atoms with Crippen molar-refractivity contribution in [2.45, 2.75) is 142 Å². The van der Waals surface area contributed by atoms with Gasteiger partial charge < -0.3 is 19.7 Å². The van der Waals surface area contributed by atoms with Gasteiger partial charge in [0, 0.05) is 23.0 Å². The van der Waals surface area contributed by atoms with Gasteiger partial charge in [-0.15, -0.1) is 0 Å². The third kappa shape index (κ3) is 3.38. The predicted molar refractivity (Wildman–Crippen MR) is 145 cm³/mol. The van der Waals surface area contributed by atoms with Crippen LogP contribution < -0.4 is 0 Å². The fraction of sp³-hybridized carbons (Fsp3) is 0.812. The number of hydrogen-bond donors (Lipinski definition) is 2. The lowest BCUT2D eigenvalue weighted by atomic mass is 9.44. The van der Waals surface area contributed by atoms with Gasteiger partial charge in [0.2, 0.25) is 0 Å². The maximum absolute atomic E-state index is 13.8. The number of ether oxygens (including phenoxy) is 2. The Hall–Kier alpha value is -1.66. The Morgan fingerprint density at radius 1 is 0.553 bits per heavy atom. The highest BCUT2D eigenvalue weighted by Crippen LogP contribution is 2.67. The molecule has 6 heteroatoms. The number of aliphatic hydroxyl groups is 2. The Morgan fingerprint density at radius 2 is 0.895 bits per heavy atom. The molecule has 4 fully saturated rings. The van der Waals surface area contributed by atoms with Crippen molar-refractivity contribution >= 4 is 11.9 Å². The molecule has 0 amide bonds. The van der Waals surface area contributed by atoms with Crippen LogP contribution in [-0.4, -0.2) is 44.6 Å². The number of carbonyl (C=O) groups is 2. The minimum atomic E-state index is -1.05. The van der Waals surface area contributed by atoms with Gasteiger partial charge in [-0.1, -0.05) is 54.4 Å². The Kier molecular flexibility index (Phi) is 5.84. The Labute approximate surface area is 228 Å². The molecule has 0 radical (unpaired) electrons. The first-order valence-electron chi connectivity index (χ1n) is 14.7. The number of hydrogen-bond acceptors (Lipinski definition) is 6. The minimum Gasteiger partial charge on any atom is -0.452 e. The molecule has 0 aromatic heterocycles. The van der Waals surface area contributed by atoms with Crippen molar-refractivity contribution in [2.75, 3.05) is 0 Å². The molecule has 212 valence electrons. The van der Waals surface area contributed by atoms with Gasteiger partial charge in [-0.05, 0) is 87.2 Å². The molecule has 6 atom stereocenters. The van der Waals surface area contributed by atoms with E-state index < -0.39 is 45.2 Å². The number of fused-ring (bicyclic) bond motifs is 6. The van der Waals surface area contributed by atoms with E-state index in [1.165, 1.54) is 12.2 Å². The van der Waals surface area contributed by atoms with E-state index in [0.29, 0.717) is 49.7 Å². The van der Waals surface area contributed by atoms with E-state index in [1.807, 2.05) is 27.7 Å². The first-order chi connectivity index (χ1) is 17.3. The fourth-order valence-electron chi connectivity index (χ4n) is 9.88. The maximum Gasteiger partial charge on any atom is 0.331 e. The second-order valence-electron chi connectivity index (χ2n) is 15.3. The zero-order chi connectivity index (χ0) is 28.2. The van der Waals surface area contributed by atoms with Crippen LogP contribution in [0, 0.1) is 21.7 Å². The lowest BCUT2D eigenvalue weighted by molar-refractivity contribution is -0.216. The number of carbonyl (C=O) groups excluding carboxylic acids is 2. The van der Waals surface area contributed by atoms with Gasteiger partial charge in [-0.3, -0.25) is 0 Å². The SMILES string of the molecule is CC1(C)CCC[C@]2(C)/C3=C/C(=O)O[C@]4(C)CC[C@@]5(O)C(C)(C)CCC[C@]5(C)/C4=C/C(=O)O[C@]3(C)CC[C@@]12O. The highest BCUT2D eigenvalue weighted by molar-refractivity contribution is 5.88. The molecule has 1 heterocycles.